The van der Waals surface area contributed by atoms with Crippen LogP contribution in [0.25, 0.3) is 0 Å². The summed E-state index contributed by atoms with van der Waals surface area (Å²) < 4.78 is 0. The predicted octanol–water partition coefficient (Wildman–Crippen LogP) is 5.37. The van der Waals surface area contributed by atoms with Crippen molar-refractivity contribution in [1.82, 2.24) is 5.32 Å². The van der Waals surface area contributed by atoms with Gasteiger partial charge >= 0.3 is 0 Å². The average Bonchev–Trinajstić information content (AvgIpc) is 2.47. The second-order valence-electron chi connectivity index (χ2n) is 5.59. The van der Waals surface area contributed by atoms with Gasteiger partial charge in [0.1, 0.15) is 0 Å². The molecule has 0 amide bonds. The standard InChI is InChI=1S/C18H19Cl2N/c1-2-21-17(15-8-5-9-16(19)18(15)20)11-13-10-12-6-3-4-7-14(12)13/h3-9,13,17,21H,2,10-11H2,1H3. The SMILES string of the molecule is CCNC(CC1Cc2ccccc21)c1cccc(Cl)c1Cl. The molecule has 0 saturated carbocycles. The molecule has 1 aliphatic carbocycles. The van der Waals surface area contributed by atoms with Gasteiger partial charge in [-0.15, -0.1) is 0 Å². The second-order valence-corrected chi connectivity index (χ2v) is 6.37. The average molecular weight is 320 g/mol. The Morgan fingerprint density at radius 2 is 1.95 bits per heavy atom. The van der Waals surface area contributed by atoms with Crippen molar-refractivity contribution in [2.24, 2.45) is 0 Å². The van der Waals surface area contributed by atoms with Crippen LogP contribution in [0.4, 0.5) is 0 Å². The molecular weight excluding hydrogens is 301 g/mol. The fourth-order valence-corrected chi connectivity index (χ4v) is 3.65. The molecule has 3 heteroatoms. The highest BCUT2D eigenvalue weighted by Crippen LogP contribution is 2.42. The van der Waals surface area contributed by atoms with E-state index < -0.39 is 0 Å². The Morgan fingerprint density at radius 3 is 2.71 bits per heavy atom. The monoisotopic (exact) mass is 319 g/mol. The molecular formula is C18H19Cl2N. The van der Waals surface area contributed by atoms with Crippen LogP contribution in [0, 0.1) is 0 Å². The zero-order chi connectivity index (χ0) is 14.8. The largest absolute Gasteiger partial charge is 0.310 e. The first-order chi connectivity index (χ1) is 10.2. The minimum absolute atomic E-state index is 0.250. The van der Waals surface area contributed by atoms with E-state index >= 15 is 0 Å². The molecule has 0 spiro atoms. The lowest BCUT2D eigenvalue weighted by molar-refractivity contribution is 0.436. The van der Waals surface area contributed by atoms with E-state index in [0.717, 1.165) is 24.9 Å². The van der Waals surface area contributed by atoms with E-state index in [9.17, 15) is 0 Å². The third-order valence-electron chi connectivity index (χ3n) is 4.29. The van der Waals surface area contributed by atoms with Crippen molar-refractivity contribution >= 4 is 23.2 Å². The summed E-state index contributed by atoms with van der Waals surface area (Å²) in [5.41, 5.74) is 4.07. The van der Waals surface area contributed by atoms with E-state index in [-0.39, 0.29) is 6.04 Å². The van der Waals surface area contributed by atoms with Crippen LogP contribution in [0.3, 0.4) is 0 Å². The van der Waals surface area contributed by atoms with Crippen LogP contribution in [-0.2, 0) is 6.42 Å². The van der Waals surface area contributed by atoms with Crippen LogP contribution in [0.5, 0.6) is 0 Å². The third kappa shape index (κ3) is 2.96. The molecule has 1 N–H and O–H groups in total. The number of benzene rings is 2. The van der Waals surface area contributed by atoms with E-state index in [1.165, 1.54) is 11.1 Å². The summed E-state index contributed by atoms with van der Waals surface area (Å²) >= 11 is 12.6. The van der Waals surface area contributed by atoms with Crippen molar-refractivity contribution in [3.8, 4) is 0 Å². The maximum atomic E-state index is 6.40. The Labute approximate surface area is 136 Å². The first-order valence-electron chi connectivity index (χ1n) is 7.45. The smallest absolute Gasteiger partial charge is 0.0640 e. The number of nitrogens with one attached hydrogen (secondary N) is 1. The van der Waals surface area contributed by atoms with Crippen molar-refractivity contribution < 1.29 is 0 Å². The summed E-state index contributed by atoms with van der Waals surface area (Å²) in [6.07, 6.45) is 2.22. The maximum absolute atomic E-state index is 6.40. The molecule has 2 atom stereocenters. The fraction of sp³-hybridized carbons (Fsp3) is 0.333. The summed E-state index contributed by atoms with van der Waals surface area (Å²) in [5.74, 6) is 0.611. The number of hydrogen-bond donors (Lipinski definition) is 1. The lowest BCUT2D eigenvalue weighted by Crippen LogP contribution is -2.27. The van der Waals surface area contributed by atoms with Gasteiger partial charge in [-0.3, -0.25) is 0 Å². The topological polar surface area (TPSA) is 12.0 Å². The highest BCUT2D eigenvalue weighted by molar-refractivity contribution is 6.42. The van der Waals surface area contributed by atoms with Gasteiger partial charge in [0.15, 0.2) is 0 Å². The summed E-state index contributed by atoms with van der Waals surface area (Å²) in [6.45, 7) is 3.04. The lowest BCUT2D eigenvalue weighted by atomic mass is 9.74. The molecule has 0 heterocycles. The Morgan fingerprint density at radius 1 is 1.14 bits per heavy atom. The van der Waals surface area contributed by atoms with Crippen LogP contribution < -0.4 is 5.32 Å². The van der Waals surface area contributed by atoms with Crippen molar-refractivity contribution in [3.63, 3.8) is 0 Å². The highest BCUT2D eigenvalue weighted by Gasteiger charge is 2.29. The Hall–Kier alpha value is -1.02. The van der Waals surface area contributed by atoms with Gasteiger partial charge < -0.3 is 5.32 Å². The summed E-state index contributed by atoms with van der Waals surface area (Å²) in [7, 11) is 0. The lowest BCUT2D eigenvalue weighted by Gasteiger charge is -2.33. The third-order valence-corrected chi connectivity index (χ3v) is 5.12. The molecule has 0 bridgehead atoms. The van der Waals surface area contributed by atoms with E-state index in [0.29, 0.717) is 16.0 Å². The summed E-state index contributed by atoms with van der Waals surface area (Å²) in [6, 6.07) is 14.8. The molecule has 21 heavy (non-hydrogen) atoms. The van der Waals surface area contributed by atoms with Gasteiger partial charge in [0.25, 0.3) is 0 Å². The molecule has 2 aromatic rings. The predicted molar refractivity (Wildman–Crippen MR) is 90.4 cm³/mol. The van der Waals surface area contributed by atoms with E-state index in [1.54, 1.807) is 0 Å². The number of hydrogen-bond acceptors (Lipinski definition) is 1. The van der Waals surface area contributed by atoms with Gasteiger partial charge in [-0.25, -0.2) is 0 Å². The van der Waals surface area contributed by atoms with Crippen molar-refractivity contribution in [3.05, 3.63) is 69.2 Å². The molecule has 1 aliphatic rings. The molecule has 0 fully saturated rings. The number of rotatable bonds is 5. The fourth-order valence-electron chi connectivity index (χ4n) is 3.21. The van der Waals surface area contributed by atoms with Crippen molar-refractivity contribution in [2.45, 2.75) is 31.7 Å². The van der Waals surface area contributed by atoms with E-state index in [2.05, 4.69) is 42.6 Å². The first-order valence-corrected chi connectivity index (χ1v) is 8.21. The van der Waals surface area contributed by atoms with Gasteiger partial charge in [0.2, 0.25) is 0 Å². The van der Waals surface area contributed by atoms with Crippen LogP contribution >= 0.6 is 23.2 Å². The first kappa shape index (κ1) is 14.9. The Balaban J connectivity index is 1.82. The summed E-state index contributed by atoms with van der Waals surface area (Å²) in [4.78, 5) is 0. The van der Waals surface area contributed by atoms with Gasteiger partial charge in [0, 0.05) is 6.04 Å². The Bertz CT molecular complexity index is 639. The maximum Gasteiger partial charge on any atom is 0.0640 e. The number of halogens is 2. The van der Waals surface area contributed by atoms with Crippen molar-refractivity contribution in [1.29, 1.82) is 0 Å². The minimum Gasteiger partial charge on any atom is -0.310 e. The molecule has 0 saturated heterocycles. The zero-order valence-corrected chi connectivity index (χ0v) is 13.6. The van der Waals surface area contributed by atoms with E-state index in [4.69, 9.17) is 23.2 Å². The molecule has 2 unspecified atom stereocenters. The van der Waals surface area contributed by atoms with Crippen LogP contribution in [0.15, 0.2) is 42.5 Å². The van der Waals surface area contributed by atoms with Crippen LogP contribution in [0.2, 0.25) is 10.0 Å². The normalized spacial score (nSPS) is 18.0. The molecule has 2 aromatic carbocycles. The number of fused-ring (bicyclic) bond motifs is 1. The van der Waals surface area contributed by atoms with Gasteiger partial charge in [-0.1, -0.05) is 66.5 Å². The van der Waals surface area contributed by atoms with Crippen LogP contribution in [-0.4, -0.2) is 6.54 Å². The Kier molecular flexibility index (Phi) is 4.54. The highest BCUT2D eigenvalue weighted by atomic mass is 35.5. The van der Waals surface area contributed by atoms with Crippen LogP contribution in [0.1, 0.15) is 42.0 Å². The molecule has 3 rings (SSSR count). The van der Waals surface area contributed by atoms with Gasteiger partial charge in [-0.05, 0) is 48.1 Å². The molecule has 110 valence electrons. The molecule has 1 nitrogen and oxygen atoms in total. The quantitative estimate of drug-likeness (QED) is 0.780. The molecule has 0 aromatic heterocycles. The van der Waals surface area contributed by atoms with Gasteiger partial charge in [-0.2, -0.15) is 0 Å². The zero-order valence-electron chi connectivity index (χ0n) is 12.1. The van der Waals surface area contributed by atoms with Crippen molar-refractivity contribution in [2.75, 3.05) is 6.54 Å². The summed E-state index contributed by atoms with van der Waals surface area (Å²) in [5, 5.41) is 4.86. The molecule has 0 radical (unpaired) electrons. The van der Waals surface area contributed by atoms with Gasteiger partial charge in [0.05, 0.1) is 10.0 Å². The second kappa shape index (κ2) is 6.39. The minimum atomic E-state index is 0.250. The van der Waals surface area contributed by atoms with E-state index in [1.807, 2.05) is 12.1 Å². The molecule has 0 aliphatic heterocycles.